The van der Waals surface area contributed by atoms with Gasteiger partial charge in [-0.05, 0) is 26.3 Å². The number of carbonyl (C=O) groups is 2. The maximum atomic E-state index is 12.2. The highest BCUT2D eigenvalue weighted by Gasteiger charge is 2.34. The van der Waals surface area contributed by atoms with Crippen LogP contribution in [0.3, 0.4) is 0 Å². The van der Waals surface area contributed by atoms with Crippen LogP contribution in [0.25, 0.3) is 0 Å². The average Bonchev–Trinajstić information content (AvgIpc) is 2.58. The van der Waals surface area contributed by atoms with Crippen LogP contribution in [-0.2, 0) is 16.1 Å². The Morgan fingerprint density at radius 1 is 1.20 bits per heavy atom. The van der Waals surface area contributed by atoms with Crippen molar-refractivity contribution in [3.05, 3.63) is 35.9 Å². The van der Waals surface area contributed by atoms with Gasteiger partial charge in [0.1, 0.15) is 18.2 Å². The minimum atomic E-state index is -0.595. The largest absolute Gasteiger partial charge is 0.445 e. The highest BCUT2D eigenvalue weighted by Crippen LogP contribution is 2.16. The van der Waals surface area contributed by atoms with Gasteiger partial charge in [0.2, 0.25) is 0 Å². The van der Waals surface area contributed by atoms with Crippen LogP contribution in [0, 0.1) is 12.3 Å². The van der Waals surface area contributed by atoms with E-state index in [2.05, 4.69) is 5.92 Å². The fourth-order valence-electron chi connectivity index (χ4n) is 2.44. The lowest BCUT2D eigenvalue weighted by molar-refractivity contribution is 0.00472. The standard InChI is InChI=1S/C19H24N2O4/c1-5-16-13-20(11-12-21(16)18(23)25-19(2,3)4)17(22)24-14-15-9-7-6-8-10-15/h1,6-10,16H,11-14H2,2-4H3. The predicted molar refractivity (Wildman–Crippen MR) is 93.8 cm³/mol. The number of piperazine rings is 1. The SMILES string of the molecule is C#CC1CN(C(=O)OCc2ccccc2)CCN1C(=O)OC(C)(C)C. The number of benzene rings is 1. The summed E-state index contributed by atoms with van der Waals surface area (Å²) in [5, 5.41) is 0. The van der Waals surface area contributed by atoms with Crippen molar-refractivity contribution in [2.45, 2.75) is 39.0 Å². The first-order valence-electron chi connectivity index (χ1n) is 8.21. The molecule has 1 heterocycles. The van der Waals surface area contributed by atoms with Gasteiger partial charge in [0.25, 0.3) is 0 Å². The van der Waals surface area contributed by atoms with Crippen molar-refractivity contribution in [1.82, 2.24) is 9.80 Å². The fourth-order valence-corrected chi connectivity index (χ4v) is 2.44. The molecule has 0 saturated carbocycles. The van der Waals surface area contributed by atoms with Crippen LogP contribution in [0.5, 0.6) is 0 Å². The number of hydrogen-bond acceptors (Lipinski definition) is 4. The lowest BCUT2D eigenvalue weighted by Gasteiger charge is -2.38. The zero-order valence-electron chi connectivity index (χ0n) is 14.9. The molecule has 1 aliphatic heterocycles. The molecule has 0 N–H and O–H groups in total. The first-order chi connectivity index (χ1) is 11.8. The zero-order valence-corrected chi connectivity index (χ0v) is 14.9. The Labute approximate surface area is 148 Å². The van der Waals surface area contributed by atoms with E-state index in [4.69, 9.17) is 15.9 Å². The molecule has 0 aromatic heterocycles. The minimum absolute atomic E-state index is 0.201. The van der Waals surface area contributed by atoms with E-state index in [1.54, 1.807) is 20.8 Å². The molecule has 1 unspecified atom stereocenters. The van der Waals surface area contributed by atoms with Crippen molar-refractivity contribution in [3.63, 3.8) is 0 Å². The molecule has 0 bridgehead atoms. The van der Waals surface area contributed by atoms with Gasteiger partial charge in [-0.15, -0.1) is 6.42 Å². The molecule has 2 amide bonds. The van der Waals surface area contributed by atoms with Gasteiger partial charge >= 0.3 is 12.2 Å². The molecule has 1 aromatic carbocycles. The van der Waals surface area contributed by atoms with E-state index in [0.29, 0.717) is 13.1 Å². The van der Waals surface area contributed by atoms with Crippen molar-refractivity contribution in [3.8, 4) is 12.3 Å². The molecule has 25 heavy (non-hydrogen) atoms. The normalized spacial score (nSPS) is 17.6. The fraction of sp³-hybridized carbons (Fsp3) is 0.474. The Hall–Kier alpha value is -2.68. The minimum Gasteiger partial charge on any atom is -0.445 e. The molecule has 1 aromatic rings. The van der Waals surface area contributed by atoms with Crippen LogP contribution >= 0.6 is 0 Å². The van der Waals surface area contributed by atoms with Gasteiger partial charge in [-0.1, -0.05) is 36.3 Å². The van der Waals surface area contributed by atoms with E-state index in [9.17, 15) is 9.59 Å². The van der Waals surface area contributed by atoms with Gasteiger partial charge < -0.3 is 14.4 Å². The van der Waals surface area contributed by atoms with Gasteiger partial charge in [-0.2, -0.15) is 0 Å². The van der Waals surface area contributed by atoms with E-state index in [-0.39, 0.29) is 13.2 Å². The Kier molecular flexibility index (Phi) is 5.92. The Morgan fingerprint density at radius 3 is 2.48 bits per heavy atom. The van der Waals surface area contributed by atoms with Crippen LogP contribution in [-0.4, -0.2) is 53.3 Å². The van der Waals surface area contributed by atoms with Gasteiger partial charge in [0.05, 0.1) is 6.54 Å². The molecule has 0 radical (unpaired) electrons. The molecule has 6 nitrogen and oxygen atoms in total. The Morgan fingerprint density at radius 2 is 1.88 bits per heavy atom. The summed E-state index contributed by atoms with van der Waals surface area (Å²) in [5.74, 6) is 2.55. The second-order valence-electron chi connectivity index (χ2n) is 6.84. The third-order valence-electron chi connectivity index (χ3n) is 3.66. The third kappa shape index (κ3) is 5.42. The monoisotopic (exact) mass is 344 g/mol. The number of carbonyl (C=O) groups excluding carboxylic acids is 2. The zero-order chi connectivity index (χ0) is 18.4. The van der Waals surface area contributed by atoms with E-state index in [0.717, 1.165) is 5.56 Å². The Balaban J connectivity index is 1.91. The lowest BCUT2D eigenvalue weighted by atomic mass is 10.2. The number of terminal acetylenes is 1. The van der Waals surface area contributed by atoms with E-state index >= 15 is 0 Å². The van der Waals surface area contributed by atoms with E-state index in [1.165, 1.54) is 9.80 Å². The molecule has 0 spiro atoms. The molecule has 134 valence electrons. The second-order valence-corrected chi connectivity index (χ2v) is 6.84. The molecule has 2 rings (SSSR count). The maximum absolute atomic E-state index is 12.2. The van der Waals surface area contributed by atoms with Gasteiger partial charge in [-0.3, -0.25) is 4.90 Å². The molecular formula is C19H24N2O4. The summed E-state index contributed by atoms with van der Waals surface area (Å²) in [5.41, 5.74) is 0.318. The summed E-state index contributed by atoms with van der Waals surface area (Å²) in [7, 11) is 0. The first-order valence-corrected chi connectivity index (χ1v) is 8.21. The smallest absolute Gasteiger partial charge is 0.411 e. The highest BCUT2D eigenvalue weighted by molar-refractivity contribution is 5.71. The van der Waals surface area contributed by atoms with Crippen LogP contribution < -0.4 is 0 Å². The third-order valence-corrected chi connectivity index (χ3v) is 3.66. The van der Waals surface area contributed by atoms with Gasteiger partial charge in [0.15, 0.2) is 0 Å². The molecule has 1 fully saturated rings. The average molecular weight is 344 g/mol. The highest BCUT2D eigenvalue weighted by atomic mass is 16.6. The molecule has 0 aliphatic carbocycles. The first kappa shape index (κ1) is 18.7. The van der Waals surface area contributed by atoms with Crippen LogP contribution in [0.4, 0.5) is 9.59 Å². The molecular weight excluding hydrogens is 320 g/mol. The molecule has 1 saturated heterocycles. The van der Waals surface area contributed by atoms with E-state index < -0.39 is 23.8 Å². The van der Waals surface area contributed by atoms with Crippen molar-refractivity contribution in [2.75, 3.05) is 19.6 Å². The summed E-state index contributed by atoms with van der Waals surface area (Å²) < 4.78 is 10.7. The molecule has 1 aliphatic rings. The summed E-state index contributed by atoms with van der Waals surface area (Å²) in [6.07, 6.45) is 4.64. The van der Waals surface area contributed by atoms with Crippen molar-refractivity contribution in [1.29, 1.82) is 0 Å². The van der Waals surface area contributed by atoms with Crippen molar-refractivity contribution < 1.29 is 19.1 Å². The molecule has 1 atom stereocenters. The van der Waals surface area contributed by atoms with Crippen LogP contribution in [0.2, 0.25) is 0 Å². The summed E-state index contributed by atoms with van der Waals surface area (Å²) >= 11 is 0. The van der Waals surface area contributed by atoms with Crippen molar-refractivity contribution >= 4 is 12.2 Å². The van der Waals surface area contributed by atoms with Gasteiger partial charge in [0, 0.05) is 13.1 Å². The van der Waals surface area contributed by atoms with E-state index in [1.807, 2.05) is 30.3 Å². The quantitative estimate of drug-likeness (QED) is 0.774. The summed E-state index contributed by atoms with van der Waals surface area (Å²) in [6, 6.07) is 8.91. The number of hydrogen-bond donors (Lipinski definition) is 0. The Bertz CT molecular complexity index is 646. The molecule has 6 heteroatoms. The van der Waals surface area contributed by atoms with Crippen LogP contribution in [0.1, 0.15) is 26.3 Å². The summed E-state index contributed by atoms with van der Waals surface area (Å²) in [6.45, 7) is 6.48. The number of amides is 2. The summed E-state index contributed by atoms with van der Waals surface area (Å²) in [4.78, 5) is 27.5. The van der Waals surface area contributed by atoms with Gasteiger partial charge in [-0.25, -0.2) is 9.59 Å². The number of nitrogens with zero attached hydrogens (tertiary/aromatic N) is 2. The topological polar surface area (TPSA) is 59.1 Å². The second kappa shape index (κ2) is 7.93. The predicted octanol–water partition coefficient (Wildman–Crippen LogP) is 2.88. The van der Waals surface area contributed by atoms with Crippen LogP contribution in [0.15, 0.2) is 30.3 Å². The lowest BCUT2D eigenvalue weighted by Crippen LogP contribution is -2.56. The van der Waals surface area contributed by atoms with Crippen molar-refractivity contribution in [2.24, 2.45) is 0 Å². The maximum Gasteiger partial charge on any atom is 0.411 e. The number of ether oxygens (including phenoxy) is 2. The number of rotatable bonds is 2.